The number of pyridine rings is 2. The van der Waals surface area contributed by atoms with Crippen molar-refractivity contribution in [2.45, 2.75) is 6.54 Å². The summed E-state index contributed by atoms with van der Waals surface area (Å²) in [6, 6.07) is 12.0. The predicted molar refractivity (Wildman–Crippen MR) is 92.3 cm³/mol. The number of methoxy groups -OCH3 is 1. The largest absolute Gasteiger partial charge is 0.497 e. The van der Waals surface area contributed by atoms with Gasteiger partial charge in [-0.1, -0.05) is 12.1 Å². The second-order valence-electron chi connectivity index (χ2n) is 5.06. The molecule has 0 atom stereocenters. The molecule has 22 heavy (non-hydrogen) atoms. The van der Waals surface area contributed by atoms with Gasteiger partial charge < -0.3 is 9.64 Å². The molecule has 0 aliphatic rings. The maximum absolute atomic E-state index is 5.18. The van der Waals surface area contributed by atoms with E-state index in [-0.39, 0.29) is 0 Å². The van der Waals surface area contributed by atoms with Gasteiger partial charge in [-0.15, -0.1) is 0 Å². The predicted octanol–water partition coefficient (Wildman–Crippen LogP) is 4.04. The van der Waals surface area contributed by atoms with Crippen molar-refractivity contribution >= 4 is 32.7 Å². The number of hydrogen-bond donors (Lipinski definition) is 0. The van der Waals surface area contributed by atoms with Gasteiger partial charge >= 0.3 is 0 Å². The number of benzene rings is 1. The van der Waals surface area contributed by atoms with Gasteiger partial charge in [0.25, 0.3) is 0 Å². The molecule has 0 aliphatic heterocycles. The number of halogens is 1. The Morgan fingerprint density at radius 2 is 1.91 bits per heavy atom. The quantitative estimate of drug-likeness (QED) is 0.706. The molecule has 0 aliphatic carbocycles. The average Bonchev–Trinajstić information content (AvgIpc) is 2.55. The summed E-state index contributed by atoms with van der Waals surface area (Å²) in [6.45, 7) is 0.774. The number of aromatic nitrogens is 2. The van der Waals surface area contributed by atoms with Gasteiger partial charge in [0.2, 0.25) is 0 Å². The van der Waals surface area contributed by atoms with E-state index in [4.69, 9.17) is 4.74 Å². The molecular formula is C17H16BrN3O. The van der Waals surface area contributed by atoms with Crippen molar-refractivity contribution in [1.29, 1.82) is 0 Å². The number of ether oxygens (including phenoxy) is 1. The summed E-state index contributed by atoms with van der Waals surface area (Å²) in [5, 5.41) is 1.02. The summed E-state index contributed by atoms with van der Waals surface area (Å²) in [4.78, 5) is 11.0. The summed E-state index contributed by atoms with van der Waals surface area (Å²) in [6.07, 6.45) is 3.64. The minimum atomic E-state index is 0.774. The van der Waals surface area contributed by atoms with E-state index >= 15 is 0 Å². The first kappa shape index (κ1) is 14.8. The highest BCUT2D eigenvalue weighted by molar-refractivity contribution is 9.10. The lowest BCUT2D eigenvalue weighted by Crippen LogP contribution is -2.17. The number of hydrogen-bond acceptors (Lipinski definition) is 4. The van der Waals surface area contributed by atoms with E-state index in [1.165, 1.54) is 5.56 Å². The van der Waals surface area contributed by atoms with E-state index in [0.29, 0.717) is 0 Å². The Labute approximate surface area is 137 Å². The highest BCUT2D eigenvalue weighted by Crippen LogP contribution is 2.24. The van der Waals surface area contributed by atoms with Crippen molar-refractivity contribution in [2.24, 2.45) is 0 Å². The molecular weight excluding hydrogens is 342 g/mol. The molecule has 3 rings (SSSR count). The number of anilines is 1. The first-order chi connectivity index (χ1) is 10.7. The SMILES string of the molecule is COc1ccc(CN(C)c2cc3nccc(Br)c3cn2)cc1. The minimum Gasteiger partial charge on any atom is -0.497 e. The lowest BCUT2D eigenvalue weighted by molar-refractivity contribution is 0.414. The first-order valence-electron chi connectivity index (χ1n) is 6.91. The molecule has 0 spiro atoms. The van der Waals surface area contributed by atoms with Gasteiger partial charge in [-0.2, -0.15) is 0 Å². The van der Waals surface area contributed by atoms with Crippen LogP contribution in [0.15, 0.2) is 53.3 Å². The van der Waals surface area contributed by atoms with Gasteiger partial charge in [-0.3, -0.25) is 4.98 Å². The summed E-state index contributed by atoms with van der Waals surface area (Å²) in [5.41, 5.74) is 2.13. The zero-order chi connectivity index (χ0) is 15.5. The van der Waals surface area contributed by atoms with Crippen molar-refractivity contribution in [3.63, 3.8) is 0 Å². The summed E-state index contributed by atoms with van der Waals surface area (Å²) in [5.74, 6) is 1.76. The van der Waals surface area contributed by atoms with Crippen LogP contribution in [0.4, 0.5) is 5.82 Å². The van der Waals surface area contributed by atoms with Crippen LogP contribution in [0.5, 0.6) is 5.75 Å². The summed E-state index contributed by atoms with van der Waals surface area (Å²) >= 11 is 3.52. The van der Waals surface area contributed by atoms with E-state index in [2.05, 4.69) is 42.9 Å². The standard InChI is InChI=1S/C17H16BrN3O/c1-21(11-12-3-5-13(22-2)6-4-12)17-9-16-14(10-20-17)15(18)7-8-19-16/h3-10H,11H2,1-2H3. The van der Waals surface area contributed by atoms with Gasteiger partial charge in [-0.25, -0.2) is 4.98 Å². The topological polar surface area (TPSA) is 38.2 Å². The smallest absolute Gasteiger partial charge is 0.130 e. The molecule has 2 heterocycles. The fourth-order valence-corrected chi connectivity index (χ4v) is 2.72. The Morgan fingerprint density at radius 3 is 2.64 bits per heavy atom. The lowest BCUT2D eigenvalue weighted by atomic mass is 10.2. The van der Waals surface area contributed by atoms with Crippen LogP contribution in [0.25, 0.3) is 10.9 Å². The molecule has 0 unspecified atom stereocenters. The van der Waals surface area contributed by atoms with Crippen molar-refractivity contribution in [2.75, 3.05) is 19.1 Å². The van der Waals surface area contributed by atoms with E-state index in [1.54, 1.807) is 13.3 Å². The maximum atomic E-state index is 5.18. The third-order valence-electron chi connectivity index (χ3n) is 3.53. The highest BCUT2D eigenvalue weighted by atomic mass is 79.9. The maximum Gasteiger partial charge on any atom is 0.130 e. The van der Waals surface area contributed by atoms with E-state index in [1.807, 2.05) is 37.5 Å². The first-order valence-corrected chi connectivity index (χ1v) is 7.71. The second-order valence-corrected chi connectivity index (χ2v) is 5.91. The fraction of sp³-hybridized carbons (Fsp3) is 0.176. The molecule has 2 aromatic heterocycles. The van der Waals surface area contributed by atoms with Gasteiger partial charge in [-0.05, 0) is 39.7 Å². The van der Waals surface area contributed by atoms with Crippen LogP contribution in [0.1, 0.15) is 5.56 Å². The third kappa shape index (κ3) is 3.04. The normalized spacial score (nSPS) is 10.7. The summed E-state index contributed by atoms with van der Waals surface area (Å²) < 4.78 is 6.19. The van der Waals surface area contributed by atoms with Crippen LogP contribution >= 0.6 is 15.9 Å². The van der Waals surface area contributed by atoms with Crippen molar-refractivity contribution in [3.8, 4) is 5.75 Å². The zero-order valence-corrected chi connectivity index (χ0v) is 14.0. The Kier molecular flexibility index (Phi) is 4.24. The Balaban J connectivity index is 1.83. The van der Waals surface area contributed by atoms with Crippen LogP contribution in [-0.2, 0) is 6.54 Å². The number of nitrogens with zero attached hydrogens (tertiary/aromatic N) is 3. The molecule has 1 aromatic carbocycles. The van der Waals surface area contributed by atoms with E-state index in [9.17, 15) is 0 Å². The Morgan fingerprint density at radius 1 is 1.14 bits per heavy atom. The van der Waals surface area contributed by atoms with Gasteiger partial charge in [0.15, 0.2) is 0 Å². The lowest BCUT2D eigenvalue weighted by Gasteiger charge is -2.18. The fourth-order valence-electron chi connectivity index (χ4n) is 2.29. The zero-order valence-electron chi connectivity index (χ0n) is 12.5. The van der Waals surface area contributed by atoms with Gasteiger partial charge in [0.05, 0.1) is 12.6 Å². The average molecular weight is 358 g/mol. The molecule has 0 bridgehead atoms. The molecule has 3 aromatic rings. The van der Waals surface area contributed by atoms with Crippen molar-refractivity contribution in [1.82, 2.24) is 9.97 Å². The second kappa shape index (κ2) is 6.32. The van der Waals surface area contributed by atoms with Gasteiger partial charge in [0.1, 0.15) is 11.6 Å². The Hall–Kier alpha value is -2.14. The molecule has 4 nitrogen and oxygen atoms in total. The number of rotatable bonds is 4. The molecule has 112 valence electrons. The monoisotopic (exact) mass is 357 g/mol. The van der Waals surface area contributed by atoms with Crippen molar-refractivity contribution in [3.05, 3.63) is 58.8 Å². The third-order valence-corrected chi connectivity index (χ3v) is 4.22. The molecule has 0 N–H and O–H groups in total. The van der Waals surface area contributed by atoms with Crippen molar-refractivity contribution < 1.29 is 4.74 Å². The Bertz CT molecular complexity index is 790. The molecule has 5 heteroatoms. The molecule has 0 radical (unpaired) electrons. The van der Waals surface area contributed by atoms with E-state index in [0.717, 1.165) is 33.5 Å². The molecule has 0 saturated carbocycles. The minimum absolute atomic E-state index is 0.774. The van der Waals surface area contributed by atoms with Crippen LogP contribution < -0.4 is 9.64 Å². The van der Waals surface area contributed by atoms with E-state index < -0.39 is 0 Å². The molecule has 0 saturated heterocycles. The van der Waals surface area contributed by atoms with Gasteiger partial charge in [0, 0.05) is 41.9 Å². The summed E-state index contributed by atoms with van der Waals surface area (Å²) in [7, 11) is 3.70. The van der Waals surface area contributed by atoms with Crippen LogP contribution in [0.2, 0.25) is 0 Å². The number of fused-ring (bicyclic) bond motifs is 1. The molecule has 0 fully saturated rings. The van der Waals surface area contributed by atoms with Crippen LogP contribution in [-0.4, -0.2) is 24.1 Å². The highest BCUT2D eigenvalue weighted by Gasteiger charge is 2.07. The van der Waals surface area contributed by atoms with Crippen LogP contribution in [0, 0.1) is 0 Å². The molecule has 0 amide bonds. The van der Waals surface area contributed by atoms with Crippen LogP contribution in [0.3, 0.4) is 0 Å².